The van der Waals surface area contributed by atoms with Crippen molar-refractivity contribution in [1.82, 2.24) is 15.8 Å². The van der Waals surface area contributed by atoms with Gasteiger partial charge in [-0.15, -0.1) is 0 Å². The monoisotopic (exact) mass is 385 g/mol. The number of hydrogen-bond acceptors (Lipinski definition) is 6. The number of benzene rings is 1. The summed E-state index contributed by atoms with van der Waals surface area (Å²) in [6.07, 6.45) is 2.89. The number of hydrazine groups is 1. The van der Waals surface area contributed by atoms with E-state index in [0.29, 0.717) is 5.56 Å². The molecule has 3 rings (SSSR count). The molecule has 0 saturated carbocycles. The number of pyridine rings is 1. The van der Waals surface area contributed by atoms with Gasteiger partial charge in [-0.25, -0.2) is 8.42 Å². The maximum absolute atomic E-state index is 12.3. The molecule has 0 atom stereocenters. The lowest BCUT2D eigenvalue weighted by atomic mass is 10.3. The second-order valence-corrected chi connectivity index (χ2v) is 7.47. The number of hydrogen-bond donors (Lipinski definition) is 2. The maximum atomic E-state index is 12.3. The zero-order valence-electron chi connectivity index (χ0n) is 14.0. The Morgan fingerprint density at radius 1 is 0.889 bits per heavy atom. The highest BCUT2D eigenvalue weighted by molar-refractivity contribution is 7.90. The van der Waals surface area contributed by atoms with Crippen LogP contribution in [0.2, 0.25) is 0 Å². The molecule has 0 aliphatic carbocycles. The largest absolute Gasteiger partial charge is 0.455 e. The van der Waals surface area contributed by atoms with Gasteiger partial charge < -0.3 is 4.42 Å². The van der Waals surface area contributed by atoms with Gasteiger partial charge in [-0.2, -0.15) is 0 Å². The molecule has 0 radical (unpaired) electrons. The molecule has 1 aromatic carbocycles. The molecule has 0 aliphatic heterocycles. The highest BCUT2D eigenvalue weighted by Gasteiger charge is 2.19. The van der Waals surface area contributed by atoms with E-state index in [1.54, 1.807) is 18.2 Å². The lowest BCUT2D eigenvalue weighted by Gasteiger charge is -2.05. The second-order valence-electron chi connectivity index (χ2n) is 5.48. The Kier molecular flexibility index (Phi) is 5.32. The summed E-state index contributed by atoms with van der Waals surface area (Å²) in [5, 5.41) is 0. The Balaban J connectivity index is 1.62. The highest BCUT2D eigenvalue weighted by Crippen LogP contribution is 2.18. The number of rotatable bonds is 5. The van der Waals surface area contributed by atoms with Gasteiger partial charge in [0.15, 0.2) is 15.6 Å². The lowest BCUT2D eigenvalue weighted by molar-refractivity contribution is 0.0830. The van der Waals surface area contributed by atoms with Crippen LogP contribution in [0.3, 0.4) is 0 Å². The van der Waals surface area contributed by atoms with E-state index in [1.165, 1.54) is 48.8 Å². The summed E-state index contributed by atoms with van der Waals surface area (Å²) < 4.78 is 29.9. The van der Waals surface area contributed by atoms with E-state index < -0.39 is 21.7 Å². The fraction of sp³-hybridized carbons (Fsp3) is 0.0556. The van der Waals surface area contributed by atoms with Crippen LogP contribution >= 0.6 is 0 Å². The third-order valence-corrected chi connectivity index (χ3v) is 5.21. The first-order chi connectivity index (χ1) is 13.0. The van der Waals surface area contributed by atoms with Crippen molar-refractivity contribution in [2.45, 2.75) is 10.6 Å². The summed E-state index contributed by atoms with van der Waals surface area (Å²) in [7, 11) is -3.59. The molecule has 0 saturated heterocycles. The summed E-state index contributed by atoms with van der Waals surface area (Å²) in [5.41, 5.74) is 4.76. The summed E-state index contributed by atoms with van der Waals surface area (Å²) in [6, 6.07) is 13.7. The van der Waals surface area contributed by atoms with Crippen molar-refractivity contribution in [3.8, 4) is 0 Å². The van der Waals surface area contributed by atoms with Crippen molar-refractivity contribution in [3.05, 3.63) is 84.1 Å². The zero-order valence-corrected chi connectivity index (χ0v) is 14.8. The highest BCUT2D eigenvalue weighted by atomic mass is 32.2. The first kappa shape index (κ1) is 18.3. The minimum atomic E-state index is -3.59. The van der Waals surface area contributed by atoms with E-state index >= 15 is 0 Å². The Morgan fingerprint density at radius 2 is 1.56 bits per heavy atom. The Bertz CT molecular complexity index is 1050. The molecule has 0 aliphatic rings. The molecular formula is C18H15N3O5S. The molecule has 0 bridgehead atoms. The van der Waals surface area contributed by atoms with Gasteiger partial charge in [0.05, 0.1) is 4.90 Å². The molecule has 9 heteroatoms. The number of nitrogens with one attached hydrogen (secondary N) is 2. The summed E-state index contributed by atoms with van der Waals surface area (Å²) in [4.78, 5) is 27.9. The van der Waals surface area contributed by atoms with Crippen LogP contribution in [-0.4, -0.2) is 25.2 Å². The molecular weight excluding hydrogens is 370 g/mol. The molecule has 2 heterocycles. The average Bonchev–Trinajstić information content (AvgIpc) is 3.15. The molecule has 2 amide bonds. The summed E-state index contributed by atoms with van der Waals surface area (Å²) >= 11 is 0. The minimum absolute atomic E-state index is 0.115. The Labute approximate surface area is 155 Å². The van der Waals surface area contributed by atoms with E-state index in [0.717, 1.165) is 0 Å². The van der Waals surface area contributed by atoms with Crippen LogP contribution < -0.4 is 10.9 Å². The zero-order chi connectivity index (χ0) is 19.3. The number of amides is 2. The second kappa shape index (κ2) is 7.83. The van der Waals surface area contributed by atoms with Crippen LogP contribution in [-0.2, 0) is 15.6 Å². The van der Waals surface area contributed by atoms with Crippen molar-refractivity contribution < 1.29 is 22.4 Å². The average molecular weight is 385 g/mol. The lowest BCUT2D eigenvalue weighted by Crippen LogP contribution is -2.41. The fourth-order valence-corrected chi connectivity index (χ4v) is 3.49. The van der Waals surface area contributed by atoms with E-state index in [-0.39, 0.29) is 22.2 Å². The van der Waals surface area contributed by atoms with Crippen molar-refractivity contribution in [2.24, 2.45) is 0 Å². The van der Waals surface area contributed by atoms with Gasteiger partial charge in [-0.3, -0.25) is 25.4 Å². The molecule has 2 aromatic heterocycles. The third-order valence-electron chi connectivity index (χ3n) is 3.55. The number of aromatic nitrogens is 1. The molecule has 0 unspecified atom stereocenters. The van der Waals surface area contributed by atoms with Crippen LogP contribution in [0.15, 0.2) is 76.3 Å². The summed E-state index contributed by atoms with van der Waals surface area (Å²) in [5.74, 6) is -1.62. The van der Waals surface area contributed by atoms with Gasteiger partial charge in [0.25, 0.3) is 5.91 Å². The fourth-order valence-electron chi connectivity index (χ4n) is 2.23. The standard InChI is InChI=1S/C18H15N3O5S/c22-17(13-8-10-19-11-9-13)20-21-18(23)16-7-6-14(26-16)12-27(24,25)15-4-2-1-3-5-15/h1-11H,12H2,(H,20,22)(H,21,23). The van der Waals surface area contributed by atoms with Gasteiger partial charge in [0, 0.05) is 18.0 Å². The Morgan fingerprint density at radius 3 is 2.26 bits per heavy atom. The smallest absolute Gasteiger partial charge is 0.305 e. The van der Waals surface area contributed by atoms with Gasteiger partial charge in [0.1, 0.15) is 11.5 Å². The van der Waals surface area contributed by atoms with Crippen molar-refractivity contribution in [2.75, 3.05) is 0 Å². The van der Waals surface area contributed by atoms with Gasteiger partial charge in [-0.1, -0.05) is 18.2 Å². The van der Waals surface area contributed by atoms with Gasteiger partial charge in [-0.05, 0) is 36.4 Å². The quantitative estimate of drug-likeness (QED) is 0.646. The number of sulfone groups is 1. The molecule has 0 fully saturated rings. The predicted octanol–water partition coefficient (Wildman–Crippen LogP) is 1.72. The Hall–Kier alpha value is -3.46. The van der Waals surface area contributed by atoms with E-state index in [9.17, 15) is 18.0 Å². The number of furan rings is 1. The van der Waals surface area contributed by atoms with Crippen molar-refractivity contribution in [1.29, 1.82) is 0 Å². The van der Waals surface area contributed by atoms with Crippen molar-refractivity contribution >= 4 is 21.7 Å². The SMILES string of the molecule is O=C(NNC(=O)c1ccc(CS(=O)(=O)c2ccccc2)o1)c1ccncc1. The maximum Gasteiger partial charge on any atom is 0.305 e. The predicted molar refractivity (Wildman–Crippen MR) is 95.2 cm³/mol. The molecule has 2 N–H and O–H groups in total. The van der Waals surface area contributed by atoms with E-state index in [1.807, 2.05) is 0 Å². The van der Waals surface area contributed by atoms with Crippen molar-refractivity contribution in [3.63, 3.8) is 0 Å². The van der Waals surface area contributed by atoms with Crippen LogP contribution in [0, 0.1) is 0 Å². The first-order valence-corrected chi connectivity index (χ1v) is 9.48. The van der Waals surface area contributed by atoms with Crippen LogP contribution in [0.4, 0.5) is 0 Å². The van der Waals surface area contributed by atoms with Crippen LogP contribution in [0.1, 0.15) is 26.7 Å². The number of nitrogens with zero attached hydrogens (tertiary/aromatic N) is 1. The van der Waals surface area contributed by atoms with Crippen LogP contribution in [0.5, 0.6) is 0 Å². The van der Waals surface area contributed by atoms with Crippen LogP contribution in [0.25, 0.3) is 0 Å². The summed E-state index contributed by atoms with van der Waals surface area (Å²) in [6.45, 7) is 0. The van der Waals surface area contributed by atoms with E-state index in [4.69, 9.17) is 4.42 Å². The molecule has 0 spiro atoms. The third kappa shape index (κ3) is 4.59. The molecule has 138 valence electrons. The normalized spacial score (nSPS) is 11.0. The minimum Gasteiger partial charge on any atom is -0.455 e. The molecule has 3 aromatic rings. The number of carbonyl (C=O) groups excluding carboxylic acids is 2. The number of carbonyl (C=O) groups is 2. The van der Waals surface area contributed by atoms with Gasteiger partial charge >= 0.3 is 5.91 Å². The molecule has 8 nitrogen and oxygen atoms in total. The first-order valence-electron chi connectivity index (χ1n) is 7.83. The van der Waals surface area contributed by atoms with E-state index in [2.05, 4.69) is 15.8 Å². The van der Waals surface area contributed by atoms with Gasteiger partial charge in [0.2, 0.25) is 0 Å². The molecule has 27 heavy (non-hydrogen) atoms. The topological polar surface area (TPSA) is 118 Å².